The summed E-state index contributed by atoms with van der Waals surface area (Å²) in [5, 5.41) is 6.91. The van der Waals surface area contributed by atoms with E-state index in [9.17, 15) is 9.18 Å². The van der Waals surface area contributed by atoms with Gasteiger partial charge >= 0.3 is 0 Å². The van der Waals surface area contributed by atoms with Crippen molar-refractivity contribution in [2.24, 2.45) is 11.7 Å². The fourth-order valence-electron chi connectivity index (χ4n) is 3.21. The van der Waals surface area contributed by atoms with Crippen LogP contribution in [0, 0.1) is 18.7 Å². The summed E-state index contributed by atoms with van der Waals surface area (Å²) in [5.41, 5.74) is 6.85. The first-order chi connectivity index (χ1) is 12.1. The van der Waals surface area contributed by atoms with Crippen LogP contribution in [0.4, 0.5) is 4.39 Å². The van der Waals surface area contributed by atoms with Crippen molar-refractivity contribution in [3.8, 4) is 11.4 Å². The Bertz CT molecular complexity index is 753. The lowest BCUT2D eigenvalue weighted by atomic mass is 10.0. The first-order valence-corrected chi connectivity index (χ1v) is 8.65. The number of benzene rings is 1. The van der Waals surface area contributed by atoms with E-state index in [1.165, 1.54) is 6.07 Å². The zero-order valence-corrected chi connectivity index (χ0v) is 15.5. The highest BCUT2D eigenvalue weighted by Gasteiger charge is 2.27. The van der Waals surface area contributed by atoms with E-state index in [1.54, 1.807) is 19.1 Å². The fraction of sp³-hybridized carbons (Fsp3) is 0.500. The van der Waals surface area contributed by atoms with Crippen LogP contribution < -0.4 is 11.1 Å². The summed E-state index contributed by atoms with van der Waals surface area (Å²) >= 11 is 0. The molecule has 3 N–H and O–H groups in total. The Labute approximate surface area is 158 Å². The Balaban J connectivity index is 0.00000243. The fourth-order valence-corrected chi connectivity index (χ4v) is 3.21. The Morgan fingerprint density at radius 3 is 2.96 bits per heavy atom. The van der Waals surface area contributed by atoms with E-state index in [-0.39, 0.29) is 36.6 Å². The van der Waals surface area contributed by atoms with Crippen LogP contribution in [0.15, 0.2) is 22.7 Å². The number of rotatable bonds is 6. The molecule has 1 heterocycles. The molecule has 1 fully saturated rings. The van der Waals surface area contributed by atoms with Gasteiger partial charge in [-0.15, -0.1) is 12.4 Å². The maximum Gasteiger partial charge on any atom is 0.227 e. The third kappa shape index (κ3) is 4.80. The van der Waals surface area contributed by atoms with Gasteiger partial charge in [0.25, 0.3) is 0 Å². The van der Waals surface area contributed by atoms with Crippen molar-refractivity contribution in [2.75, 3.05) is 6.54 Å². The van der Waals surface area contributed by atoms with Gasteiger partial charge in [0.05, 0.1) is 0 Å². The zero-order chi connectivity index (χ0) is 17.8. The van der Waals surface area contributed by atoms with E-state index >= 15 is 0 Å². The minimum Gasteiger partial charge on any atom is -0.353 e. The molecular weight excluding hydrogens is 359 g/mol. The summed E-state index contributed by atoms with van der Waals surface area (Å²) in [5.74, 6) is 0.720. The number of aromatic nitrogens is 2. The summed E-state index contributed by atoms with van der Waals surface area (Å²) in [6.45, 7) is 2.30. The number of hydrogen-bond acceptors (Lipinski definition) is 5. The van der Waals surface area contributed by atoms with E-state index in [2.05, 4.69) is 15.5 Å². The van der Waals surface area contributed by atoms with Gasteiger partial charge in [-0.05, 0) is 43.9 Å². The van der Waals surface area contributed by atoms with Gasteiger partial charge in [-0.3, -0.25) is 4.79 Å². The lowest BCUT2D eigenvalue weighted by Crippen LogP contribution is -2.39. The van der Waals surface area contributed by atoms with Gasteiger partial charge in [0, 0.05) is 24.4 Å². The van der Waals surface area contributed by atoms with Crippen LogP contribution in [-0.2, 0) is 11.2 Å². The van der Waals surface area contributed by atoms with Crippen molar-refractivity contribution in [1.82, 2.24) is 15.5 Å². The molecule has 0 aliphatic heterocycles. The number of amides is 1. The van der Waals surface area contributed by atoms with Crippen LogP contribution in [0.1, 0.15) is 37.1 Å². The Hall–Kier alpha value is -1.99. The molecular formula is C18H24ClFN4O2. The molecule has 142 valence electrons. The number of carbonyl (C=O) groups excluding carboxylic acids is 1. The van der Waals surface area contributed by atoms with E-state index in [4.69, 9.17) is 10.3 Å². The number of nitrogens with one attached hydrogen (secondary N) is 1. The number of nitrogens with zero attached hydrogens (tertiary/aromatic N) is 2. The Morgan fingerprint density at radius 2 is 2.23 bits per heavy atom. The lowest BCUT2D eigenvalue weighted by Gasteiger charge is -2.19. The standard InChI is InChI=1S/C18H23FN4O2.ClH/c1-11-5-6-12(9-14(11)19)18-22-17(25-23-18)8-7-16(24)21-15-4-2-3-13(15)10-20;/h5-6,9,13,15H,2-4,7-8,10,20H2,1H3,(H,21,24);1H. The van der Waals surface area contributed by atoms with Gasteiger partial charge in [0.1, 0.15) is 5.82 Å². The van der Waals surface area contributed by atoms with Crippen molar-refractivity contribution in [1.29, 1.82) is 0 Å². The van der Waals surface area contributed by atoms with Crippen molar-refractivity contribution in [3.05, 3.63) is 35.5 Å². The van der Waals surface area contributed by atoms with Crippen LogP contribution in [0.5, 0.6) is 0 Å². The number of hydrogen-bond donors (Lipinski definition) is 2. The minimum absolute atomic E-state index is 0. The van der Waals surface area contributed by atoms with E-state index < -0.39 is 0 Å². The zero-order valence-electron chi connectivity index (χ0n) is 14.7. The Kier molecular flexibility index (Phi) is 7.11. The molecule has 2 atom stereocenters. The molecule has 8 heteroatoms. The smallest absolute Gasteiger partial charge is 0.227 e. The summed E-state index contributed by atoms with van der Waals surface area (Å²) in [4.78, 5) is 16.3. The van der Waals surface area contributed by atoms with Crippen molar-refractivity contribution < 1.29 is 13.7 Å². The molecule has 1 saturated carbocycles. The number of aryl methyl sites for hydroxylation is 2. The molecule has 1 aromatic carbocycles. The molecule has 1 aliphatic carbocycles. The van der Waals surface area contributed by atoms with Crippen LogP contribution in [0.3, 0.4) is 0 Å². The molecule has 26 heavy (non-hydrogen) atoms. The highest BCUT2D eigenvalue weighted by atomic mass is 35.5. The third-order valence-electron chi connectivity index (χ3n) is 4.77. The summed E-state index contributed by atoms with van der Waals surface area (Å²) < 4.78 is 18.8. The van der Waals surface area contributed by atoms with Crippen LogP contribution >= 0.6 is 12.4 Å². The molecule has 1 aliphatic rings. The third-order valence-corrected chi connectivity index (χ3v) is 4.77. The molecule has 0 spiro atoms. The molecule has 2 aromatic rings. The van der Waals surface area contributed by atoms with Crippen LogP contribution in [0.2, 0.25) is 0 Å². The molecule has 0 bridgehead atoms. The average Bonchev–Trinajstić information content (AvgIpc) is 3.24. The largest absolute Gasteiger partial charge is 0.353 e. The normalized spacial score (nSPS) is 19.2. The quantitative estimate of drug-likeness (QED) is 0.801. The lowest BCUT2D eigenvalue weighted by molar-refractivity contribution is -0.122. The maximum atomic E-state index is 13.6. The number of halogens is 2. The molecule has 1 amide bonds. The van der Waals surface area contributed by atoms with Gasteiger partial charge in [0.2, 0.25) is 17.6 Å². The first kappa shape index (κ1) is 20.3. The van der Waals surface area contributed by atoms with E-state index in [0.717, 1.165) is 19.3 Å². The highest BCUT2D eigenvalue weighted by Crippen LogP contribution is 2.24. The highest BCUT2D eigenvalue weighted by molar-refractivity contribution is 5.85. The minimum atomic E-state index is -0.311. The summed E-state index contributed by atoms with van der Waals surface area (Å²) in [7, 11) is 0. The average molecular weight is 383 g/mol. The number of carbonyl (C=O) groups is 1. The Morgan fingerprint density at radius 1 is 1.42 bits per heavy atom. The molecule has 0 radical (unpaired) electrons. The second kappa shape index (κ2) is 9.09. The molecule has 0 saturated heterocycles. The van der Waals surface area contributed by atoms with Crippen molar-refractivity contribution in [3.63, 3.8) is 0 Å². The molecule has 3 rings (SSSR count). The van der Waals surface area contributed by atoms with E-state index in [0.29, 0.717) is 41.7 Å². The topological polar surface area (TPSA) is 94.0 Å². The van der Waals surface area contributed by atoms with E-state index in [1.807, 2.05) is 0 Å². The van der Waals surface area contributed by atoms with Crippen molar-refractivity contribution >= 4 is 18.3 Å². The molecule has 6 nitrogen and oxygen atoms in total. The van der Waals surface area contributed by atoms with Gasteiger partial charge in [-0.25, -0.2) is 4.39 Å². The maximum absolute atomic E-state index is 13.6. The second-order valence-corrected chi connectivity index (χ2v) is 6.58. The first-order valence-electron chi connectivity index (χ1n) is 8.65. The van der Waals surface area contributed by atoms with Crippen molar-refractivity contribution in [2.45, 2.75) is 45.1 Å². The van der Waals surface area contributed by atoms with Gasteiger partial charge in [0.15, 0.2) is 0 Å². The molecule has 2 unspecified atom stereocenters. The SMILES string of the molecule is Cc1ccc(-c2noc(CCC(=O)NC3CCCC3CN)n2)cc1F.Cl. The summed E-state index contributed by atoms with van der Waals surface area (Å²) in [6, 6.07) is 4.96. The summed E-state index contributed by atoms with van der Waals surface area (Å²) in [6.07, 6.45) is 3.79. The van der Waals surface area contributed by atoms with Gasteiger partial charge < -0.3 is 15.6 Å². The van der Waals surface area contributed by atoms with Gasteiger partial charge in [-0.2, -0.15) is 4.98 Å². The molecule has 1 aromatic heterocycles. The van der Waals surface area contributed by atoms with Crippen LogP contribution in [0.25, 0.3) is 11.4 Å². The van der Waals surface area contributed by atoms with Gasteiger partial charge in [-0.1, -0.05) is 23.7 Å². The predicted octanol–water partition coefficient (Wildman–Crippen LogP) is 2.78. The number of nitrogens with two attached hydrogens (primary N) is 1. The monoisotopic (exact) mass is 382 g/mol. The predicted molar refractivity (Wildman–Crippen MR) is 98.3 cm³/mol. The van der Waals surface area contributed by atoms with Crippen LogP contribution in [-0.4, -0.2) is 28.6 Å². The second-order valence-electron chi connectivity index (χ2n) is 6.58.